The van der Waals surface area contributed by atoms with Gasteiger partial charge in [0.15, 0.2) is 11.5 Å². The first-order valence-electron chi connectivity index (χ1n) is 9.10. The average Bonchev–Trinajstić information content (AvgIpc) is 3.18. The van der Waals surface area contributed by atoms with Crippen molar-refractivity contribution in [3.8, 4) is 17.2 Å². The summed E-state index contributed by atoms with van der Waals surface area (Å²) >= 11 is 1.55. The maximum absolute atomic E-state index is 11.2. The fourth-order valence-electron chi connectivity index (χ4n) is 3.01. The molecule has 1 saturated heterocycles. The zero-order chi connectivity index (χ0) is 20.1. The second-order valence-corrected chi connectivity index (χ2v) is 7.75. The number of hydrogen-bond acceptors (Lipinski definition) is 6. The predicted molar refractivity (Wildman–Crippen MR) is 110 cm³/mol. The summed E-state index contributed by atoms with van der Waals surface area (Å²) in [4.78, 5) is 11.2. The minimum Gasteiger partial charge on any atom is -0.493 e. The Morgan fingerprint density at radius 2 is 1.96 bits per heavy atom. The minimum atomic E-state index is -0.845. The van der Waals surface area contributed by atoms with Crippen LogP contribution in [0.2, 0.25) is 0 Å². The number of aliphatic carboxylic acids is 1. The molecule has 2 unspecified atom stereocenters. The number of carboxylic acid groups (broad SMARTS) is 1. The highest BCUT2D eigenvalue weighted by molar-refractivity contribution is 7.99. The number of nitrogens with one attached hydrogen (secondary N) is 1. The number of carbonyl (C=O) groups is 1. The van der Waals surface area contributed by atoms with Crippen molar-refractivity contribution in [1.82, 2.24) is 5.32 Å². The molecule has 0 aliphatic carbocycles. The summed E-state index contributed by atoms with van der Waals surface area (Å²) in [6.07, 6.45) is 0. The summed E-state index contributed by atoms with van der Waals surface area (Å²) in [6.45, 7) is 4.78. The lowest BCUT2D eigenvalue weighted by molar-refractivity contribution is -0.138. The van der Waals surface area contributed by atoms with E-state index in [9.17, 15) is 9.90 Å². The number of rotatable bonds is 8. The predicted octanol–water partition coefficient (Wildman–Crippen LogP) is 3.56. The lowest BCUT2D eigenvalue weighted by atomic mass is 10.1. The summed E-state index contributed by atoms with van der Waals surface area (Å²) < 4.78 is 17.3. The second-order valence-electron chi connectivity index (χ2n) is 6.62. The molecule has 0 radical (unpaired) electrons. The number of benzene rings is 2. The second kappa shape index (κ2) is 9.21. The molecule has 28 heavy (non-hydrogen) atoms. The number of hydrogen-bond donors (Lipinski definition) is 2. The van der Waals surface area contributed by atoms with Crippen LogP contribution in [0.3, 0.4) is 0 Å². The Bertz CT molecular complexity index is 842. The van der Waals surface area contributed by atoms with E-state index in [4.69, 9.17) is 14.2 Å². The molecule has 2 atom stereocenters. The Hall–Kier alpha value is -2.38. The monoisotopic (exact) mass is 403 g/mol. The molecule has 0 saturated carbocycles. The summed E-state index contributed by atoms with van der Waals surface area (Å²) in [7, 11) is 1.59. The van der Waals surface area contributed by atoms with Crippen LogP contribution in [0.4, 0.5) is 0 Å². The van der Waals surface area contributed by atoms with Crippen LogP contribution in [0, 0.1) is 13.8 Å². The van der Waals surface area contributed by atoms with Gasteiger partial charge in [-0.05, 0) is 37.1 Å². The first-order chi connectivity index (χ1) is 13.5. The lowest BCUT2D eigenvalue weighted by Gasteiger charge is -2.19. The van der Waals surface area contributed by atoms with E-state index in [1.807, 2.05) is 44.2 Å². The first-order valence-corrected chi connectivity index (χ1v) is 10.1. The molecular formula is C21H25NO5S. The van der Waals surface area contributed by atoms with Gasteiger partial charge >= 0.3 is 5.97 Å². The lowest BCUT2D eigenvalue weighted by Crippen LogP contribution is -2.33. The Morgan fingerprint density at radius 1 is 1.18 bits per heavy atom. The summed E-state index contributed by atoms with van der Waals surface area (Å²) in [6, 6.07) is 11.2. The van der Waals surface area contributed by atoms with Crippen LogP contribution < -0.4 is 19.5 Å². The normalized spacial score (nSPS) is 18.7. The van der Waals surface area contributed by atoms with Crippen molar-refractivity contribution in [2.75, 3.05) is 26.1 Å². The highest BCUT2D eigenvalue weighted by Crippen LogP contribution is 2.42. The van der Waals surface area contributed by atoms with Gasteiger partial charge < -0.3 is 19.3 Å². The van der Waals surface area contributed by atoms with Crippen LogP contribution in [0.25, 0.3) is 0 Å². The summed E-state index contributed by atoms with van der Waals surface area (Å²) in [5, 5.41) is 12.2. The molecule has 0 aromatic heterocycles. The molecule has 1 heterocycles. The molecule has 1 aliphatic rings. The third kappa shape index (κ3) is 4.72. The molecule has 6 nitrogen and oxygen atoms in total. The van der Waals surface area contributed by atoms with Crippen molar-refractivity contribution in [3.05, 3.63) is 53.1 Å². The van der Waals surface area contributed by atoms with Crippen molar-refractivity contribution in [2.24, 2.45) is 0 Å². The average molecular weight is 404 g/mol. The van der Waals surface area contributed by atoms with Gasteiger partial charge in [-0.3, -0.25) is 10.1 Å². The Balaban J connectivity index is 1.67. The fourth-order valence-corrected chi connectivity index (χ4v) is 4.26. The Morgan fingerprint density at radius 3 is 2.68 bits per heavy atom. The van der Waals surface area contributed by atoms with Crippen molar-refractivity contribution in [1.29, 1.82) is 0 Å². The molecule has 0 bridgehead atoms. The quantitative estimate of drug-likeness (QED) is 0.653. The number of methoxy groups -OCH3 is 1. The molecule has 0 amide bonds. The van der Waals surface area contributed by atoms with E-state index in [1.54, 1.807) is 18.9 Å². The van der Waals surface area contributed by atoms with Gasteiger partial charge in [-0.25, -0.2) is 0 Å². The maximum Gasteiger partial charge on any atom is 0.321 e. The van der Waals surface area contributed by atoms with Crippen LogP contribution in [-0.4, -0.2) is 43.2 Å². The number of aryl methyl sites for hydroxylation is 2. The van der Waals surface area contributed by atoms with Gasteiger partial charge in [-0.15, -0.1) is 11.8 Å². The zero-order valence-electron chi connectivity index (χ0n) is 16.2. The molecule has 0 spiro atoms. The van der Waals surface area contributed by atoms with Gasteiger partial charge in [0.25, 0.3) is 0 Å². The van der Waals surface area contributed by atoms with Crippen molar-refractivity contribution in [3.63, 3.8) is 0 Å². The molecule has 2 aromatic rings. The van der Waals surface area contributed by atoms with Gasteiger partial charge in [0.05, 0.1) is 12.5 Å². The Labute approximate surface area is 169 Å². The topological polar surface area (TPSA) is 77.0 Å². The third-order valence-electron chi connectivity index (χ3n) is 4.52. The molecular weight excluding hydrogens is 378 g/mol. The molecule has 150 valence electrons. The van der Waals surface area contributed by atoms with E-state index in [2.05, 4.69) is 11.4 Å². The first kappa shape index (κ1) is 20.4. The van der Waals surface area contributed by atoms with Crippen molar-refractivity contribution >= 4 is 17.7 Å². The highest BCUT2D eigenvalue weighted by atomic mass is 32.2. The summed E-state index contributed by atoms with van der Waals surface area (Å²) in [5.41, 5.74) is 3.10. The third-order valence-corrected chi connectivity index (χ3v) is 5.77. The van der Waals surface area contributed by atoms with Crippen LogP contribution in [-0.2, 0) is 4.79 Å². The molecule has 1 aliphatic heterocycles. The van der Waals surface area contributed by atoms with Crippen LogP contribution in [0.5, 0.6) is 17.2 Å². The molecule has 7 heteroatoms. The van der Waals surface area contributed by atoms with Crippen LogP contribution in [0.1, 0.15) is 22.1 Å². The highest BCUT2D eigenvalue weighted by Gasteiger charge is 2.32. The standard InChI is InChI=1S/C21H25NO5S/c1-13-7-8-14(2)18(11-13)26-9-10-27-19-15(5-4-6-17(19)25-3)20-22-16(12-28-20)21(23)24/h4-8,11,16,20,22H,9-10,12H2,1-3H3,(H,23,24). The number of ether oxygens (including phenoxy) is 3. The van der Waals surface area contributed by atoms with E-state index in [1.165, 1.54) is 0 Å². The van der Waals surface area contributed by atoms with Gasteiger partial charge in [0, 0.05) is 11.3 Å². The van der Waals surface area contributed by atoms with E-state index in [-0.39, 0.29) is 5.37 Å². The fraction of sp³-hybridized carbons (Fsp3) is 0.381. The van der Waals surface area contributed by atoms with E-state index in [0.29, 0.717) is 30.5 Å². The van der Waals surface area contributed by atoms with E-state index < -0.39 is 12.0 Å². The molecule has 2 aromatic carbocycles. The summed E-state index contributed by atoms with van der Waals surface area (Å²) in [5.74, 6) is 1.74. The largest absolute Gasteiger partial charge is 0.493 e. The molecule has 2 N–H and O–H groups in total. The van der Waals surface area contributed by atoms with Crippen LogP contribution >= 0.6 is 11.8 Å². The van der Waals surface area contributed by atoms with Crippen molar-refractivity contribution in [2.45, 2.75) is 25.3 Å². The molecule has 3 rings (SSSR count). The zero-order valence-corrected chi connectivity index (χ0v) is 17.0. The number of para-hydroxylation sites is 1. The maximum atomic E-state index is 11.2. The smallest absolute Gasteiger partial charge is 0.321 e. The number of thioether (sulfide) groups is 1. The number of carboxylic acids is 1. The van der Waals surface area contributed by atoms with Gasteiger partial charge in [0.1, 0.15) is 25.0 Å². The van der Waals surface area contributed by atoms with E-state index in [0.717, 1.165) is 22.4 Å². The van der Waals surface area contributed by atoms with Gasteiger partial charge in [-0.2, -0.15) is 0 Å². The van der Waals surface area contributed by atoms with Gasteiger partial charge in [-0.1, -0.05) is 24.3 Å². The SMILES string of the molecule is COc1cccc(C2NC(C(=O)O)CS2)c1OCCOc1cc(C)ccc1C. The Kier molecular flexibility index (Phi) is 6.70. The minimum absolute atomic E-state index is 0.161. The van der Waals surface area contributed by atoms with Crippen molar-refractivity contribution < 1.29 is 24.1 Å². The van der Waals surface area contributed by atoms with Crippen LogP contribution in [0.15, 0.2) is 36.4 Å². The van der Waals surface area contributed by atoms with E-state index >= 15 is 0 Å². The molecule has 1 fully saturated rings. The van der Waals surface area contributed by atoms with Gasteiger partial charge in [0.2, 0.25) is 0 Å².